The molecule has 1 atom stereocenters. The highest BCUT2D eigenvalue weighted by Gasteiger charge is 2.18. The molecule has 3 heteroatoms. The van der Waals surface area contributed by atoms with Gasteiger partial charge in [0.2, 0.25) is 0 Å². The van der Waals surface area contributed by atoms with Crippen molar-refractivity contribution < 1.29 is 14.9 Å². The van der Waals surface area contributed by atoms with Crippen molar-refractivity contribution in [2.24, 2.45) is 0 Å². The number of aliphatic hydroxyl groups is 2. The Morgan fingerprint density at radius 2 is 1.88 bits per heavy atom. The average molecular weight is 224 g/mol. The summed E-state index contributed by atoms with van der Waals surface area (Å²) >= 11 is 0. The van der Waals surface area contributed by atoms with E-state index in [-0.39, 0.29) is 18.6 Å². The lowest BCUT2D eigenvalue weighted by atomic mass is 9.86. The maximum atomic E-state index is 9.24. The zero-order chi connectivity index (χ0) is 12.2. The molecule has 0 saturated carbocycles. The number of hydrogen-bond donors (Lipinski definition) is 2. The lowest BCUT2D eigenvalue weighted by Crippen LogP contribution is -2.22. The molecule has 0 radical (unpaired) electrons. The maximum absolute atomic E-state index is 9.24. The molecule has 0 amide bonds. The second kappa shape index (κ2) is 5.32. The third-order valence-electron chi connectivity index (χ3n) is 2.34. The summed E-state index contributed by atoms with van der Waals surface area (Å²) in [6, 6.07) is 7.76. The minimum absolute atomic E-state index is 0.000754. The molecule has 0 aliphatic carbocycles. The molecule has 0 fully saturated rings. The number of hydrogen-bond acceptors (Lipinski definition) is 3. The molecule has 3 nitrogen and oxygen atoms in total. The average Bonchev–Trinajstić information content (AvgIpc) is 2.25. The van der Waals surface area contributed by atoms with Crippen molar-refractivity contribution in [2.75, 3.05) is 13.2 Å². The van der Waals surface area contributed by atoms with Crippen LogP contribution in [0.1, 0.15) is 26.3 Å². The monoisotopic (exact) mass is 224 g/mol. The molecule has 0 aromatic heterocycles. The topological polar surface area (TPSA) is 49.7 Å². The molecule has 0 aliphatic rings. The Bertz CT molecular complexity index is 328. The van der Waals surface area contributed by atoms with Gasteiger partial charge in [-0.2, -0.15) is 0 Å². The predicted octanol–water partition coefficient (Wildman–Crippen LogP) is 1.72. The molecule has 90 valence electrons. The first-order valence-electron chi connectivity index (χ1n) is 5.46. The van der Waals surface area contributed by atoms with E-state index in [2.05, 4.69) is 20.8 Å². The normalized spacial score (nSPS) is 13.6. The molecule has 0 unspecified atom stereocenters. The first kappa shape index (κ1) is 13.0. The van der Waals surface area contributed by atoms with Crippen LogP contribution in [-0.2, 0) is 5.41 Å². The van der Waals surface area contributed by atoms with Crippen LogP contribution in [0.3, 0.4) is 0 Å². The van der Waals surface area contributed by atoms with Gasteiger partial charge in [0, 0.05) is 0 Å². The summed E-state index contributed by atoms with van der Waals surface area (Å²) in [6.07, 6.45) is -0.826. The van der Waals surface area contributed by atoms with Gasteiger partial charge in [-0.3, -0.25) is 0 Å². The van der Waals surface area contributed by atoms with Crippen LogP contribution in [0, 0.1) is 0 Å². The Labute approximate surface area is 96.7 Å². The zero-order valence-electron chi connectivity index (χ0n) is 10.1. The van der Waals surface area contributed by atoms with Gasteiger partial charge in [0.1, 0.15) is 18.5 Å². The van der Waals surface area contributed by atoms with Gasteiger partial charge >= 0.3 is 0 Å². The number of benzene rings is 1. The quantitative estimate of drug-likeness (QED) is 0.818. The summed E-state index contributed by atoms with van der Waals surface area (Å²) in [5, 5.41) is 17.9. The lowest BCUT2D eigenvalue weighted by molar-refractivity contribution is 0.0530. The molecule has 0 spiro atoms. The van der Waals surface area contributed by atoms with Gasteiger partial charge in [0.25, 0.3) is 0 Å². The van der Waals surface area contributed by atoms with E-state index in [4.69, 9.17) is 9.84 Å². The Morgan fingerprint density at radius 3 is 2.44 bits per heavy atom. The van der Waals surface area contributed by atoms with Crippen LogP contribution >= 0.6 is 0 Å². The maximum Gasteiger partial charge on any atom is 0.123 e. The third kappa shape index (κ3) is 3.51. The van der Waals surface area contributed by atoms with E-state index in [1.54, 1.807) is 0 Å². The SMILES string of the molecule is CC(C)(C)c1ccccc1OC[C@H](O)CO. The standard InChI is InChI=1S/C13H20O3/c1-13(2,3)11-6-4-5-7-12(11)16-9-10(15)8-14/h4-7,10,14-15H,8-9H2,1-3H3/t10-/m1/s1. The summed E-state index contributed by atoms with van der Waals surface area (Å²) in [5.74, 6) is 0.766. The van der Waals surface area contributed by atoms with E-state index in [0.717, 1.165) is 11.3 Å². The first-order valence-corrected chi connectivity index (χ1v) is 5.46. The Kier molecular flexibility index (Phi) is 4.33. The van der Waals surface area contributed by atoms with Crippen molar-refractivity contribution >= 4 is 0 Å². The van der Waals surface area contributed by atoms with Gasteiger partial charge < -0.3 is 14.9 Å². The van der Waals surface area contributed by atoms with Crippen LogP contribution in [0.15, 0.2) is 24.3 Å². The van der Waals surface area contributed by atoms with E-state index in [9.17, 15) is 5.11 Å². The fraction of sp³-hybridized carbons (Fsp3) is 0.538. The van der Waals surface area contributed by atoms with Crippen molar-refractivity contribution in [1.29, 1.82) is 0 Å². The Hall–Kier alpha value is -1.06. The molecular formula is C13H20O3. The molecule has 1 aromatic rings. The van der Waals surface area contributed by atoms with Crippen LogP contribution < -0.4 is 4.74 Å². The van der Waals surface area contributed by atoms with Crippen molar-refractivity contribution in [1.82, 2.24) is 0 Å². The number of ether oxygens (including phenoxy) is 1. The third-order valence-corrected chi connectivity index (χ3v) is 2.34. The first-order chi connectivity index (χ1) is 7.45. The van der Waals surface area contributed by atoms with Gasteiger partial charge in [-0.1, -0.05) is 39.0 Å². The highest BCUT2D eigenvalue weighted by molar-refractivity contribution is 5.38. The molecule has 1 rings (SSSR count). The number of rotatable bonds is 4. The smallest absolute Gasteiger partial charge is 0.123 e. The van der Waals surface area contributed by atoms with E-state index in [0.29, 0.717) is 0 Å². The fourth-order valence-corrected chi connectivity index (χ4v) is 1.45. The highest BCUT2D eigenvalue weighted by Crippen LogP contribution is 2.30. The number of aliphatic hydroxyl groups excluding tert-OH is 2. The minimum atomic E-state index is -0.826. The van der Waals surface area contributed by atoms with E-state index < -0.39 is 6.10 Å². The second-order valence-electron chi connectivity index (χ2n) is 4.89. The van der Waals surface area contributed by atoms with Crippen LogP contribution in [0.4, 0.5) is 0 Å². The van der Waals surface area contributed by atoms with Crippen LogP contribution in [0.5, 0.6) is 5.75 Å². The molecule has 0 heterocycles. The zero-order valence-corrected chi connectivity index (χ0v) is 10.1. The second-order valence-corrected chi connectivity index (χ2v) is 4.89. The van der Waals surface area contributed by atoms with Gasteiger partial charge in [-0.15, -0.1) is 0 Å². The van der Waals surface area contributed by atoms with Crippen LogP contribution in [0.2, 0.25) is 0 Å². The Balaban J connectivity index is 2.80. The van der Waals surface area contributed by atoms with Crippen molar-refractivity contribution in [2.45, 2.75) is 32.3 Å². The summed E-state index contributed by atoms with van der Waals surface area (Å²) < 4.78 is 5.51. The van der Waals surface area contributed by atoms with E-state index >= 15 is 0 Å². The van der Waals surface area contributed by atoms with Gasteiger partial charge in [-0.05, 0) is 17.0 Å². The van der Waals surface area contributed by atoms with E-state index in [1.807, 2.05) is 24.3 Å². The Morgan fingerprint density at radius 1 is 1.25 bits per heavy atom. The summed E-state index contributed by atoms with van der Waals surface area (Å²) in [6.45, 7) is 6.16. The molecule has 16 heavy (non-hydrogen) atoms. The minimum Gasteiger partial charge on any atom is -0.490 e. The fourth-order valence-electron chi connectivity index (χ4n) is 1.45. The van der Waals surface area contributed by atoms with Gasteiger partial charge in [0.15, 0.2) is 0 Å². The van der Waals surface area contributed by atoms with Crippen molar-refractivity contribution in [3.63, 3.8) is 0 Å². The summed E-state index contributed by atoms with van der Waals surface area (Å²) in [7, 11) is 0. The molecule has 0 aliphatic heterocycles. The largest absolute Gasteiger partial charge is 0.490 e. The van der Waals surface area contributed by atoms with E-state index in [1.165, 1.54) is 0 Å². The molecule has 1 aromatic carbocycles. The molecular weight excluding hydrogens is 204 g/mol. The molecule has 0 saturated heterocycles. The van der Waals surface area contributed by atoms with Crippen LogP contribution in [0.25, 0.3) is 0 Å². The summed E-state index contributed by atoms with van der Waals surface area (Å²) in [4.78, 5) is 0. The predicted molar refractivity (Wildman–Crippen MR) is 63.7 cm³/mol. The van der Waals surface area contributed by atoms with Gasteiger partial charge in [-0.25, -0.2) is 0 Å². The van der Waals surface area contributed by atoms with Crippen molar-refractivity contribution in [3.05, 3.63) is 29.8 Å². The molecule has 2 N–H and O–H groups in total. The van der Waals surface area contributed by atoms with Gasteiger partial charge in [0.05, 0.1) is 6.61 Å². The number of para-hydroxylation sites is 1. The lowest BCUT2D eigenvalue weighted by Gasteiger charge is -2.23. The highest BCUT2D eigenvalue weighted by atomic mass is 16.5. The summed E-state index contributed by atoms with van der Waals surface area (Å²) in [5.41, 5.74) is 1.10. The van der Waals surface area contributed by atoms with Crippen molar-refractivity contribution in [3.8, 4) is 5.75 Å². The molecule has 0 bridgehead atoms. The van der Waals surface area contributed by atoms with Crippen LogP contribution in [-0.4, -0.2) is 29.5 Å².